The minimum absolute atomic E-state index is 0.155. The average Bonchev–Trinajstić information content (AvgIpc) is 2.69. The second kappa shape index (κ2) is 9.06. The highest BCUT2D eigenvalue weighted by Crippen LogP contribution is 2.41. The van der Waals surface area contributed by atoms with Crippen LogP contribution in [0.25, 0.3) is 0 Å². The number of fused-ring (bicyclic) bond motifs is 1. The van der Waals surface area contributed by atoms with E-state index in [0.29, 0.717) is 36.7 Å². The minimum Gasteiger partial charge on any atom is -0.490 e. The van der Waals surface area contributed by atoms with E-state index in [9.17, 15) is 18.3 Å². The number of ether oxygens (including phenoxy) is 2. The largest absolute Gasteiger partial charge is 0.490 e. The third-order valence-electron chi connectivity index (χ3n) is 5.11. The number of aliphatic carboxylic acids is 1. The van der Waals surface area contributed by atoms with E-state index in [-0.39, 0.29) is 17.9 Å². The Morgan fingerprint density at radius 3 is 2.27 bits per heavy atom. The summed E-state index contributed by atoms with van der Waals surface area (Å²) in [6.45, 7) is 6.67. The van der Waals surface area contributed by atoms with Crippen molar-refractivity contribution in [3.05, 3.63) is 53.1 Å². The number of nitrogens with zero attached hydrogens (tertiary/aromatic N) is 1. The lowest BCUT2D eigenvalue weighted by molar-refractivity contribution is -0.138. The molecule has 0 aromatic heterocycles. The Labute approximate surface area is 177 Å². The summed E-state index contributed by atoms with van der Waals surface area (Å²) in [5.41, 5.74) is 2.47. The lowest BCUT2D eigenvalue weighted by Crippen LogP contribution is -2.41. The molecule has 1 atom stereocenters. The van der Waals surface area contributed by atoms with Crippen molar-refractivity contribution in [3.63, 3.8) is 0 Å². The van der Waals surface area contributed by atoms with Crippen molar-refractivity contribution in [1.29, 1.82) is 0 Å². The molecule has 0 amide bonds. The number of sulfonamides is 1. The number of aryl methyl sites for hydroxylation is 1. The Morgan fingerprint density at radius 2 is 1.70 bits per heavy atom. The highest BCUT2D eigenvalue weighted by atomic mass is 32.2. The quantitative estimate of drug-likeness (QED) is 0.684. The zero-order chi connectivity index (χ0) is 21.9. The molecule has 0 spiro atoms. The van der Waals surface area contributed by atoms with E-state index in [1.807, 2.05) is 26.8 Å². The van der Waals surface area contributed by atoms with Gasteiger partial charge in [-0.05, 0) is 62.6 Å². The van der Waals surface area contributed by atoms with Crippen molar-refractivity contribution in [2.24, 2.45) is 0 Å². The van der Waals surface area contributed by atoms with E-state index in [0.717, 1.165) is 11.1 Å². The van der Waals surface area contributed by atoms with Gasteiger partial charge in [0.25, 0.3) is 0 Å². The molecule has 0 bridgehead atoms. The molecule has 1 aliphatic rings. The van der Waals surface area contributed by atoms with Crippen molar-refractivity contribution in [1.82, 2.24) is 4.31 Å². The van der Waals surface area contributed by atoms with Crippen molar-refractivity contribution in [2.45, 2.75) is 44.6 Å². The van der Waals surface area contributed by atoms with Gasteiger partial charge in [0.1, 0.15) is 0 Å². The fourth-order valence-electron chi connectivity index (χ4n) is 3.73. The van der Waals surface area contributed by atoms with Gasteiger partial charge in [-0.3, -0.25) is 4.79 Å². The Morgan fingerprint density at radius 1 is 1.10 bits per heavy atom. The van der Waals surface area contributed by atoms with Gasteiger partial charge in [-0.15, -0.1) is 0 Å². The van der Waals surface area contributed by atoms with E-state index in [1.165, 1.54) is 4.31 Å². The molecule has 2 aromatic carbocycles. The van der Waals surface area contributed by atoms with Crippen molar-refractivity contribution < 1.29 is 27.8 Å². The van der Waals surface area contributed by atoms with Gasteiger partial charge in [0.2, 0.25) is 10.0 Å². The first-order chi connectivity index (χ1) is 14.3. The minimum atomic E-state index is -3.86. The molecule has 0 aliphatic carbocycles. The zero-order valence-electron chi connectivity index (χ0n) is 17.4. The molecule has 0 saturated heterocycles. The zero-order valence-corrected chi connectivity index (χ0v) is 18.2. The molecule has 2 aromatic rings. The van der Waals surface area contributed by atoms with Crippen LogP contribution >= 0.6 is 0 Å². The Hall–Kier alpha value is -2.58. The number of hydrogen-bond acceptors (Lipinski definition) is 5. The van der Waals surface area contributed by atoms with E-state index in [2.05, 4.69) is 0 Å². The fraction of sp³-hybridized carbons (Fsp3) is 0.409. The van der Waals surface area contributed by atoms with E-state index in [1.54, 1.807) is 30.3 Å². The lowest BCUT2D eigenvalue weighted by atomic mass is 9.91. The summed E-state index contributed by atoms with van der Waals surface area (Å²) >= 11 is 0. The van der Waals surface area contributed by atoms with E-state index >= 15 is 0 Å². The number of hydrogen-bond donors (Lipinski definition) is 1. The van der Waals surface area contributed by atoms with Crippen LogP contribution in [-0.2, 0) is 21.2 Å². The van der Waals surface area contributed by atoms with Gasteiger partial charge in [0, 0.05) is 6.54 Å². The number of benzene rings is 2. The second-order valence-corrected chi connectivity index (χ2v) is 9.05. The number of carbonyl (C=O) groups is 1. The Kier molecular flexibility index (Phi) is 6.67. The van der Waals surface area contributed by atoms with Crippen molar-refractivity contribution in [3.8, 4) is 11.5 Å². The highest BCUT2D eigenvalue weighted by molar-refractivity contribution is 7.89. The molecule has 162 valence electrons. The summed E-state index contributed by atoms with van der Waals surface area (Å²) in [5.74, 6) is 0.00823. The third kappa shape index (κ3) is 4.44. The van der Waals surface area contributed by atoms with E-state index < -0.39 is 22.0 Å². The molecule has 3 rings (SSSR count). The molecular weight excluding hydrogens is 406 g/mol. The van der Waals surface area contributed by atoms with Gasteiger partial charge in [-0.1, -0.05) is 17.7 Å². The molecule has 0 radical (unpaired) electrons. The molecule has 0 fully saturated rings. The van der Waals surface area contributed by atoms with Gasteiger partial charge in [-0.25, -0.2) is 8.42 Å². The van der Waals surface area contributed by atoms with Crippen molar-refractivity contribution >= 4 is 16.0 Å². The van der Waals surface area contributed by atoms with E-state index in [4.69, 9.17) is 9.47 Å². The summed E-state index contributed by atoms with van der Waals surface area (Å²) in [4.78, 5) is 11.8. The maximum Gasteiger partial charge on any atom is 0.305 e. The maximum atomic E-state index is 13.4. The normalized spacial score (nSPS) is 16.7. The summed E-state index contributed by atoms with van der Waals surface area (Å²) in [7, 11) is -3.86. The van der Waals surface area contributed by atoms with Crippen LogP contribution in [0.1, 0.15) is 43.0 Å². The van der Waals surface area contributed by atoms with Crippen LogP contribution in [0.5, 0.6) is 11.5 Å². The average molecular weight is 434 g/mol. The first kappa shape index (κ1) is 22.1. The fourth-order valence-corrected chi connectivity index (χ4v) is 5.34. The summed E-state index contributed by atoms with van der Waals surface area (Å²) in [6, 6.07) is 9.33. The molecule has 7 nitrogen and oxygen atoms in total. The van der Waals surface area contributed by atoms with Crippen LogP contribution in [0, 0.1) is 6.92 Å². The molecule has 1 aliphatic heterocycles. The van der Waals surface area contributed by atoms with Gasteiger partial charge in [0.15, 0.2) is 11.5 Å². The van der Waals surface area contributed by atoms with Gasteiger partial charge >= 0.3 is 5.97 Å². The number of rotatable bonds is 8. The predicted octanol–water partition coefficient (Wildman–Crippen LogP) is 3.56. The topological polar surface area (TPSA) is 93.1 Å². The van der Waals surface area contributed by atoms with Gasteiger partial charge in [-0.2, -0.15) is 4.31 Å². The van der Waals surface area contributed by atoms with Crippen LogP contribution in [0.15, 0.2) is 41.3 Å². The Balaban J connectivity index is 2.09. The maximum absolute atomic E-state index is 13.4. The SMILES string of the molecule is CCOc1cc2c(cc1OCC)[C@@H](CC(=O)O)N(S(=O)(=O)c1ccc(C)cc1)CC2. The molecule has 30 heavy (non-hydrogen) atoms. The Bertz CT molecular complexity index is 1020. The molecule has 0 unspecified atom stereocenters. The van der Waals surface area contributed by atoms with Crippen LogP contribution in [0.2, 0.25) is 0 Å². The first-order valence-electron chi connectivity index (χ1n) is 10.0. The van der Waals surface area contributed by atoms with Crippen LogP contribution in [0.3, 0.4) is 0 Å². The van der Waals surface area contributed by atoms with Crippen molar-refractivity contribution in [2.75, 3.05) is 19.8 Å². The third-order valence-corrected chi connectivity index (χ3v) is 7.03. The number of carboxylic acids is 1. The molecule has 8 heteroatoms. The smallest absolute Gasteiger partial charge is 0.305 e. The second-order valence-electron chi connectivity index (χ2n) is 7.16. The predicted molar refractivity (Wildman–Crippen MR) is 113 cm³/mol. The number of carboxylic acid groups (broad SMARTS) is 1. The van der Waals surface area contributed by atoms with Crippen LogP contribution < -0.4 is 9.47 Å². The monoisotopic (exact) mass is 433 g/mol. The van der Waals surface area contributed by atoms with Crippen LogP contribution in [0.4, 0.5) is 0 Å². The molecule has 0 saturated carbocycles. The summed E-state index contributed by atoms with van der Waals surface area (Å²) < 4.78 is 39.4. The molecule has 1 N–H and O–H groups in total. The summed E-state index contributed by atoms with van der Waals surface area (Å²) in [6.07, 6.45) is 0.126. The van der Waals surface area contributed by atoms with Gasteiger partial charge in [0.05, 0.1) is 30.6 Å². The highest BCUT2D eigenvalue weighted by Gasteiger charge is 2.38. The van der Waals surface area contributed by atoms with Gasteiger partial charge < -0.3 is 14.6 Å². The summed E-state index contributed by atoms with van der Waals surface area (Å²) in [5, 5.41) is 9.52. The van der Waals surface area contributed by atoms with Crippen LogP contribution in [-0.4, -0.2) is 43.6 Å². The molecular formula is C22H27NO6S. The standard InChI is InChI=1S/C22H27NO6S/c1-4-28-20-12-16-10-11-23(30(26,27)17-8-6-15(3)7-9-17)19(14-22(24)25)18(16)13-21(20)29-5-2/h6-9,12-13,19H,4-5,10-11,14H2,1-3H3,(H,24,25)/t19-/m1/s1. The first-order valence-corrected chi connectivity index (χ1v) is 11.4. The molecule has 1 heterocycles. The lowest BCUT2D eigenvalue weighted by Gasteiger charge is -2.36.